The number of hydrogen-bond donors (Lipinski definition) is 1. The molecule has 0 saturated carbocycles. The molecule has 4 heteroatoms. The average Bonchev–Trinajstić information content (AvgIpc) is 2.29. The summed E-state index contributed by atoms with van der Waals surface area (Å²) in [6, 6.07) is 0. The fraction of sp³-hybridized carbons (Fsp3) is 0.714. The molecule has 0 aromatic rings. The first-order valence-electron chi connectivity index (χ1n) is 3.59. The molecule has 0 aromatic carbocycles. The second-order valence-electron chi connectivity index (χ2n) is 2.77. The summed E-state index contributed by atoms with van der Waals surface area (Å²) in [5.74, 6) is 0. The lowest BCUT2D eigenvalue weighted by atomic mass is 10.0. The predicted molar refractivity (Wildman–Crippen MR) is 48.6 cm³/mol. The molecule has 0 bridgehead atoms. The van der Waals surface area contributed by atoms with Crippen molar-refractivity contribution in [2.75, 3.05) is 0 Å². The summed E-state index contributed by atoms with van der Waals surface area (Å²) in [5.41, 5.74) is 1.04. The Labute approximate surface area is 70.6 Å². The van der Waals surface area contributed by atoms with Crippen LogP contribution in [-0.2, 0) is 0 Å². The van der Waals surface area contributed by atoms with Crippen molar-refractivity contribution in [3.05, 3.63) is 0 Å². The summed E-state index contributed by atoms with van der Waals surface area (Å²) in [7, 11) is 0. The lowest BCUT2D eigenvalue weighted by molar-refractivity contribution is 0.320. The highest BCUT2D eigenvalue weighted by molar-refractivity contribution is 8.16. The van der Waals surface area contributed by atoms with Crippen molar-refractivity contribution >= 4 is 22.6 Å². The molecule has 1 N–H and O–H groups in total. The Morgan fingerprint density at radius 3 is 2.64 bits per heavy atom. The van der Waals surface area contributed by atoms with E-state index in [1.165, 1.54) is 11.8 Å². The Morgan fingerprint density at radius 2 is 2.36 bits per heavy atom. The van der Waals surface area contributed by atoms with Crippen LogP contribution in [0.15, 0.2) is 10.1 Å². The predicted octanol–water partition coefficient (Wildman–Crippen LogP) is 2.11. The summed E-state index contributed by atoms with van der Waals surface area (Å²) in [6.45, 7) is 6.18. The Morgan fingerprint density at radius 1 is 1.73 bits per heavy atom. The topological polar surface area (TPSA) is 45.0 Å². The maximum Gasteiger partial charge on any atom is 0.226 e. The van der Waals surface area contributed by atoms with Gasteiger partial charge in [-0.3, -0.25) is 0 Å². The van der Waals surface area contributed by atoms with Gasteiger partial charge in [0.2, 0.25) is 5.17 Å². The van der Waals surface area contributed by atoms with Crippen molar-refractivity contribution in [3.63, 3.8) is 0 Å². The third-order valence-electron chi connectivity index (χ3n) is 2.11. The zero-order valence-corrected chi connectivity index (χ0v) is 7.77. The van der Waals surface area contributed by atoms with E-state index < -0.39 is 0 Å². The molecular formula is C7H12N2OS. The zero-order valence-electron chi connectivity index (χ0n) is 6.96. The second-order valence-corrected chi connectivity index (χ2v) is 4.24. The van der Waals surface area contributed by atoms with Crippen LogP contribution in [0.25, 0.3) is 0 Å². The van der Waals surface area contributed by atoms with Crippen molar-refractivity contribution in [1.29, 1.82) is 0 Å². The number of aliphatic imine (C=N–C) groups is 1. The number of rotatable bonds is 1. The molecule has 0 amide bonds. The molecule has 1 rings (SSSR count). The van der Waals surface area contributed by atoms with Crippen molar-refractivity contribution in [3.8, 4) is 0 Å². The van der Waals surface area contributed by atoms with E-state index in [0.717, 1.165) is 12.1 Å². The van der Waals surface area contributed by atoms with E-state index >= 15 is 0 Å². The van der Waals surface area contributed by atoms with E-state index in [1.807, 2.05) is 6.92 Å². The van der Waals surface area contributed by atoms with Crippen molar-refractivity contribution in [2.24, 2.45) is 10.1 Å². The lowest BCUT2D eigenvalue weighted by Crippen LogP contribution is -2.24. The molecule has 0 radical (unpaired) electrons. The first kappa shape index (κ1) is 8.59. The Bertz CT molecular complexity index is 224. The molecule has 3 nitrogen and oxygen atoms in total. The molecule has 62 valence electrons. The lowest BCUT2D eigenvalue weighted by Gasteiger charge is -2.19. The summed E-state index contributed by atoms with van der Waals surface area (Å²) >= 11 is 1.52. The molecule has 0 aliphatic carbocycles. The number of nitrogens with zero attached hydrogens (tertiary/aromatic N) is 2. The van der Waals surface area contributed by atoms with Gasteiger partial charge in [0, 0.05) is 5.71 Å². The van der Waals surface area contributed by atoms with Gasteiger partial charge in [-0.2, -0.15) is 0 Å². The fourth-order valence-corrected chi connectivity index (χ4v) is 1.89. The smallest absolute Gasteiger partial charge is 0.226 e. The summed E-state index contributed by atoms with van der Waals surface area (Å²) in [5, 5.41) is 12.0. The van der Waals surface area contributed by atoms with E-state index in [2.05, 4.69) is 24.0 Å². The number of amidine groups is 1. The van der Waals surface area contributed by atoms with Crippen LogP contribution >= 0.6 is 11.8 Å². The molecule has 1 aliphatic rings. The van der Waals surface area contributed by atoms with Crippen molar-refractivity contribution in [1.82, 2.24) is 0 Å². The summed E-state index contributed by atoms with van der Waals surface area (Å²) in [6.07, 6.45) is 1.01. The van der Waals surface area contributed by atoms with E-state index in [-0.39, 0.29) is 4.75 Å². The highest BCUT2D eigenvalue weighted by Gasteiger charge is 2.34. The van der Waals surface area contributed by atoms with Crippen LogP contribution < -0.4 is 0 Å². The van der Waals surface area contributed by atoms with Gasteiger partial charge in [-0.05, 0) is 20.3 Å². The first-order chi connectivity index (χ1) is 5.12. The zero-order chi connectivity index (χ0) is 8.48. The third-order valence-corrected chi connectivity index (χ3v) is 3.50. The molecule has 1 unspecified atom stereocenters. The van der Waals surface area contributed by atoms with Crippen molar-refractivity contribution < 1.29 is 5.21 Å². The standard InChI is InChI=1S/C7H12N2OS/c1-4-7(3)5(2)8-6(9-10)11-7/h10H,4H2,1-3H3. The number of thioether (sulfide) groups is 1. The highest BCUT2D eigenvalue weighted by atomic mass is 32.2. The van der Waals surface area contributed by atoms with Crippen LogP contribution in [0.5, 0.6) is 0 Å². The Balaban J connectivity index is 2.87. The van der Waals surface area contributed by atoms with Gasteiger partial charge in [-0.25, -0.2) is 4.99 Å². The van der Waals surface area contributed by atoms with Crippen LogP contribution in [-0.4, -0.2) is 20.8 Å². The first-order valence-corrected chi connectivity index (χ1v) is 4.41. The maximum atomic E-state index is 8.47. The van der Waals surface area contributed by atoms with Crippen LogP contribution in [0.4, 0.5) is 0 Å². The van der Waals surface area contributed by atoms with E-state index in [4.69, 9.17) is 5.21 Å². The minimum absolute atomic E-state index is 0.0432. The minimum atomic E-state index is 0.0432. The summed E-state index contributed by atoms with van der Waals surface area (Å²) in [4.78, 5) is 4.11. The largest absolute Gasteiger partial charge is 0.409 e. The van der Waals surface area contributed by atoms with Crippen LogP contribution in [0.2, 0.25) is 0 Å². The normalized spacial score (nSPS) is 34.5. The Hall–Kier alpha value is -0.510. The van der Waals surface area contributed by atoms with E-state index in [1.54, 1.807) is 0 Å². The minimum Gasteiger partial charge on any atom is -0.409 e. The molecule has 1 heterocycles. The van der Waals surface area contributed by atoms with Crippen LogP contribution in [0, 0.1) is 0 Å². The van der Waals surface area contributed by atoms with Gasteiger partial charge < -0.3 is 5.21 Å². The third kappa shape index (κ3) is 1.40. The van der Waals surface area contributed by atoms with Gasteiger partial charge in [0.15, 0.2) is 0 Å². The number of oxime groups is 1. The van der Waals surface area contributed by atoms with Gasteiger partial charge in [-0.15, -0.1) is 0 Å². The Kier molecular flexibility index (Phi) is 2.23. The van der Waals surface area contributed by atoms with Crippen molar-refractivity contribution in [2.45, 2.75) is 31.9 Å². The molecule has 0 saturated heterocycles. The SMILES string of the molecule is CCC1(C)SC(=NO)N=C1C. The molecule has 0 aromatic heterocycles. The molecule has 0 fully saturated rings. The van der Waals surface area contributed by atoms with Gasteiger partial charge in [-0.1, -0.05) is 23.8 Å². The van der Waals surface area contributed by atoms with Crippen LogP contribution in [0.3, 0.4) is 0 Å². The van der Waals surface area contributed by atoms with Gasteiger partial charge in [0.1, 0.15) is 0 Å². The van der Waals surface area contributed by atoms with E-state index in [9.17, 15) is 0 Å². The van der Waals surface area contributed by atoms with Gasteiger partial charge >= 0.3 is 0 Å². The molecule has 11 heavy (non-hydrogen) atoms. The monoisotopic (exact) mass is 172 g/mol. The molecule has 1 aliphatic heterocycles. The maximum absolute atomic E-state index is 8.47. The number of hydrogen-bond acceptors (Lipinski definition) is 3. The van der Waals surface area contributed by atoms with E-state index in [0.29, 0.717) is 5.17 Å². The highest BCUT2D eigenvalue weighted by Crippen LogP contribution is 2.36. The quantitative estimate of drug-likeness (QED) is 0.486. The van der Waals surface area contributed by atoms with Gasteiger partial charge in [0.05, 0.1) is 4.75 Å². The molecule has 0 spiro atoms. The molecule has 1 atom stereocenters. The fourth-order valence-electron chi connectivity index (χ4n) is 0.931. The van der Waals surface area contributed by atoms with Crippen LogP contribution in [0.1, 0.15) is 27.2 Å². The average molecular weight is 172 g/mol. The molecular weight excluding hydrogens is 160 g/mol. The summed E-state index contributed by atoms with van der Waals surface area (Å²) < 4.78 is 0.0432. The van der Waals surface area contributed by atoms with Gasteiger partial charge in [0.25, 0.3) is 0 Å². The second kappa shape index (κ2) is 2.85.